The molecule has 0 aromatic heterocycles. The third-order valence-corrected chi connectivity index (χ3v) is 3.49. The maximum Gasteiger partial charge on any atom is 0.391 e. The van der Waals surface area contributed by atoms with Crippen molar-refractivity contribution in [1.29, 1.82) is 0 Å². The van der Waals surface area contributed by atoms with Crippen molar-refractivity contribution in [3.05, 3.63) is 64.7 Å². The van der Waals surface area contributed by atoms with Crippen molar-refractivity contribution in [2.75, 3.05) is 5.32 Å². The van der Waals surface area contributed by atoms with Crippen molar-refractivity contribution >= 4 is 17.3 Å². The maximum atomic E-state index is 12.8. The van der Waals surface area contributed by atoms with E-state index in [1.165, 1.54) is 0 Å². The molecular weight excluding hydrogens is 299 g/mol. The second-order valence-corrected chi connectivity index (χ2v) is 5.27. The molecule has 0 spiro atoms. The van der Waals surface area contributed by atoms with Crippen LogP contribution in [-0.4, -0.2) is 6.18 Å². The lowest BCUT2D eigenvalue weighted by Gasteiger charge is -2.23. The van der Waals surface area contributed by atoms with Crippen LogP contribution in [0.5, 0.6) is 0 Å². The Morgan fingerprint density at radius 2 is 1.71 bits per heavy atom. The van der Waals surface area contributed by atoms with E-state index in [1.807, 2.05) is 13.0 Å². The maximum absolute atomic E-state index is 12.8. The van der Waals surface area contributed by atoms with Crippen molar-refractivity contribution in [2.45, 2.75) is 25.6 Å². The number of aryl methyl sites for hydroxylation is 1. The summed E-state index contributed by atoms with van der Waals surface area (Å²) in [4.78, 5) is 0. The van der Waals surface area contributed by atoms with Gasteiger partial charge in [0.2, 0.25) is 0 Å². The summed E-state index contributed by atoms with van der Waals surface area (Å²) in [5, 5.41) is 3.35. The number of nitrogens with one attached hydrogen (secondary N) is 1. The Balaban J connectivity index is 2.33. The van der Waals surface area contributed by atoms with Gasteiger partial charge in [-0.3, -0.25) is 0 Å². The lowest BCUT2D eigenvalue weighted by Crippen LogP contribution is -2.20. The third kappa shape index (κ3) is 4.39. The Labute approximate surface area is 126 Å². The molecule has 0 heterocycles. The Morgan fingerprint density at radius 3 is 2.29 bits per heavy atom. The highest BCUT2D eigenvalue weighted by Gasteiger charge is 2.33. The molecule has 1 unspecified atom stereocenters. The average molecular weight is 314 g/mol. The van der Waals surface area contributed by atoms with E-state index in [0.29, 0.717) is 16.3 Å². The Hall–Kier alpha value is -1.68. The SMILES string of the molecule is Cc1cccc(Cl)c1NC(CC(F)(F)F)c1ccccc1. The lowest BCUT2D eigenvalue weighted by molar-refractivity contribution is -0.137. The first-order chi connectivity index (χ1) is 9.87. The summed E-state index contributed by atoms with van der Waals surface area (Å²) < 4.78 is 38.5. The first-order valence-electron chi connectivity index (χ1n) is 6.50. The number of hydrogen-bond acceptors (Lipinski definition) is 1. The van der Waals surface area contributed by atoms with Crippen LogP contribution in [0.2, 0.25) is 5.02 Å². The Bertz CT molecular complexity index is 576. The molecule has 0 amide bonds. The minimum absolute atomic E-state index is 0.415. The molecule has 112 valence electrons. The molecule has 1 N–H and O–H groups in total. The summed E-state index contributed by atoms with van der Waals surface area (Å²) >= 11 is 6.09. The minimum atomic E-state index is -4.26. The summed E-state index contributed by atoms with van der Waals surface area (Å²) in [6.45, 7) is 1.81. The van der Waals surface area contributed by atoms with Gasteiger partial charge in [0.25, 0.3) is 0 Å². The molecule has 0 aliphatic heterocycles. The van der Waals surface area contributed by atoms with Crippen LogP contribution in [-0.2, 0) is 0 Å². The largest absolute Gasteiger partial charge is 0.391 e. The van der Waals surface area contributed by atoms with Gasteiger partial charge in [-0.05, 0) is 24.1 Å². The summed E-state index contributed by atoms with van der Waals surface area (Å²) in [6, 6.07) is 12.9. The molecule has 1 nitrogen and oxygen atoms in total. The lowest BCUT2D eigenvalue weighted by atomic mass is 10.0. The molecule has 2 rings (SSSR count). The smallest absolute Gasteiger partial charge is 0.376 e. The molecule has 21 heavy (non-hydrogen) atoms. The molecule has 0 aliphatic carbocycles. The van der Waals surface area contributed by atoms with E-state index in [-0.39, 0.29) is 0 Å². The third-order valence-electron chi connectivity index (χ3n) is 3.18. The van der Waals surface area contributed by atoms with Gasteiger partial charge in [-0.1, -0.05) is 54.1 Å². The zero-order chi connectivity index (χ0) is 15.5. The number of para-hydroxylation sites is 1. The normalized spacial score (nSPS) is 13.0. The van der Waals surface area contributed by atoms with Crippen LogP contribution in [0.25, 0.3) is 0 Å². The van der Waals surface area contributed by atoms with Crippen molar-refractivity contribution < 1.29 is 13.2 Å². The number of benzene rings is 2. The van der Waals surface area contributed by atoms with Crippen LogP contribution in [0.1, 0.15) is 23.6 Å². The summed E-state index contributed by atoms with van der Waals surface area (Å²) in [7, 11) is 0. The highest BCUT2D eigenvalue weighted by Crippen LogP contribution is 2.35. The summed E-state index contributed by atoms with van der Waals surface area (Å²) in [5.41, 5.74) is 1.93. The van der Waals surface area contributed by atoms with Crippen LogP contribution in [0.3, 0.4) is 0 Å². The second-order valence-electron chi connectivity index (χ2n) is 4.86. The standard InChI is InChI=1S/C16H15ClF3N/c1-11-6-5-9-13(17)15(11)21-14(10-16(18,19)20)12-7-3-2-4-8-12/h2-9,14,21H,10H2,1H3. The zero-order valence-corrected chi connectivity index (χ0v) is 12.2. The van der Waals surface area contributed by atoms with E-state index in [2.05, 4.69) is 5.32 Å². The van der Waals surface area contributed by atoms with E-state index < -0.39 is 18.6 Å². The molecule has 0 fully saturated rings. The Morgan fingerprint density at radius 1 is 1.05 bits per heavy atom. The van der Waals surface area contributed by atoms with Crippen LogP contribution < -0.4 is 5.32 Å². The minimum Gasteiger partial charge on any atom is -0.376 e. The second kappa shape index (κ2) is 6.39. The van der Waals surface area contributed by atoms with Crippen LogP contribution in [0.15, 0.2) is 48.5 Å². The molecule has 0 aliphatic rings. The first kappa shape index (κ1) is 15.7. The van der Waals surface area contributed by atoms with Crippen molar-refractivity contribution in [3.8, 4) is 0 Å². The quantitative estimate of drug-likeness (QED) is 0.757. The van der Waals surface area contributed by atoms with Gasteiger partial charge in [-0.2, -0.15) is 13.2 Å². The fourth-order valence-electron chi connectivity index (χ4n) is 2.16. The highest BCUT2D eigenvalue weighted by molar-refractivity contribution is 6.33. The predicted molar refractivity (Wildman–Crippen MR) is 79.7 cm³/mol. The van der Waals surface area contributed by atoms with E-state index in [1.54, 1.807) is 42.5 Å². The molecule has 0 bridgehead atoms. The molecule has 0 saturated carbocycles. The van der Waals surface area contributed by atoms with E-state index in [0.717, 1.165) is 5.56 Å². The fraction of sp³-hybridized carbons (Fsp3) is 0.250. The first-order valence-corrected chi connectivity index (χ1v) is 6.88. The van der Waals surface area contributed by atoms with Gasteiger partial charge in [0.1, 0.15) is 0 Å². The molecule has 0 radical (unpaired) electrons. The molecule has 2 aromatic carbocycles. The average Bonchev–Trinajstić information content (AvgIpc) is 2.41. The van der Waals surface area contributed by atoms with Gasteiger partial charge in [-0.25, -0.2) is 0 Å². The van der Waals surface area contributed by atoms with E-state index in [4.69, 9.17) is 11.6 Å². The Kier molecular flexibility index (Phi) is 4.78. The van der Waals surface area contributed by atoms with Crippen molar-refractivity contribution in [3.63, 3.8) is 0 Å². The van der Waals surface area contributed by atoms with Crippen molar-refractivity contribution in [1.82, 2.24) is 0 Å². The van der Waals surface area contributed by atoms with Crippen LogP contribution >= 0.6 is 11.6 Å². The summed E-state index contributed by atoms with van der Waals surface area (Å²) in [5.74, 6) is 0. The van der Waals surface area contributed by atoms with Gasteiger partial charge in [0.05, 0.1) is 23.2 Å². The number of hydrogen-bond donors (Lipinski definition) is 1. The van der Waals surface area contributed by atoms with Crippen LogP contribution in [0, 0.1) is 6.92 Å². The van der Waals surface area contributed by atoms with Gasteiger partial charge in [-0.15, -0.1) is 0 Å². The van der Waals surface area contributed by atoms with Gasteiger partial charge in [0.15, 0.2) is 0 Å². The number of rotatable bonds is 4. The van der Waals surface area contributed by atoms with E-state index >= 15 is 0 Å². The van der Waals surface area contributed by atoms with Gasteiger partial charge in [0, 0.05) is 0 Å². The molecular formula is C16H15ClF3N. The number of halogens is 4. The monoisotopic (exact) mass is 313 g/mol. The predicted octanol–water partition coefficient (Wildman–Crippen LogP) is 5.75. The molecule has 5 heteroatoms. The van der Waals surface area contributed by atoms with E-state index in [9.17, 15) is 13.2 Å². The highest BCUT2D eigenvalue weighted by atomic mass is 35.5. The molecule has 2 aromatic rings. The number of alkyl halides is 3. The molecule has 0 saturated heterocycles. The van der Waals surface area contributed by atoms with Gasteiger partial charge < -0.3 is 5.32 Å². The number of anilines is 1. The van der Waals surface area contributed by atoms with Crippen LogP contribution in [0.4, 0.5) is 18.9 Å². The molecule has 1 atom stereocenters. The topological polar surface area (TPSA) is 12.0 Å². The fourth-order valence-corrected chi connectivity index (χ4v) is 2.43. The zero-order valence-electron chi connectivity index (χ0n) is 11.4. The van der Waals surface area contributed by atoms with Crippen molar-refractivity contribution in [2.24, 2.45) is 0 Å². The van der Waals surface area contributed by atoms with Gasteiger partial charge >= 0.3 is 6.18 Å². The summed E-state index contributed by atoms with van der Waals surface area (Å²) in [6.07, 6.45) is -5.22.